The average molecular weight is 251 g/mol. The number of rotatable bonds is 4. The second-order valence-electron chi connectivity index (χ2n) is 3.98. The summed E-state index contributed by atoms with van der Waals surface area (Å²) in [4.78, 5) is 21.1. The highest BCUT2D eigenvalue weighted by Gasteiger charge is 2.28. The molecule has 0 fully saturated rings. The first-order valence-corrected chi connectivity index (χ1v) is 5.70. The molecule has 1 aliphatic rings. The van der Waals surface area contributed by atoms with E-state index in [1.165, 1.54) is 12.1 Å². The fourth-order valence-corrected chi connectivity index (χ4v) is 1.88. The van der Waals surface area contributed by atoms with Gasteiger partial charge in [0.1, 0.15) is 19.0 Å². The Bertz CT molecular complexity index is 486. The van der Waals surface area contributed by atoms with Crippen LogP contribution in [0.5, 0.6) is 11.5 Å². The van der Waals surface area contributed by atoms with Gasteiger partial charge < -0.3 is 14.3 Å². The zero-order chi connectivity index (χ0) is 13.1. The number of nitro benzene ring substituents is 1. The molecule has 6 nitrogen and oxygen atoms in total. The maximum Gasteiger partial charge on any atom is 0.277 e. The lowest BCUT2D eigenvalue weighted by molar-refractivity contribution is -0.385. The van der Waals surface area contributed by atoms with Crippen LogP contribution in [-0.2, 0) is 11.2 Å². The number of benzene rings is 1. The van der Waals surface area contributed by atoms with Crippen LogP contribution in [0, 0.1) is 10.1 Å². The Morgan fingerprint density at radius 3 is 2.94 bits per heavy atom. The smallest absolute Gasteiger partial charge is 0.277 e. The number of ether oxygens (including phenoxy) is 2. The van der Waals surface area contributed by atoms with Crippen LogP contribution in [0.3, 0.4) is 0 Å². The van der Waals surface area contributed by atoms with E-state index in [1.807, 2.05) is 6.92 Å². The van der Waals surface area contributed by atoms with E-state index in [-0.39, 0.29) is 23.8 Å². The molecule has 0 N–H and O–H groups in total. The van der Waals surface area contributed by atoms with Crippen LogP contribution in [-0.4, -0.2) is 23.9 Å². The molecule has 0 amide bonds. The molecule has 18 heavy (non-hydrogen) atoms. The van der Waals surface area contributed by atoms with Crippen molar-refractivity contribution in [1.29, 1.82) is 0 Å². The molecule has 0 spiro atoms. The van der Waals surface area contributed by atoms with Crippen molar-refractivity contribution in [3.8, 4) is 11.5 Å². The molecule has 1 unspecified atom stereocenters. The highest BCUT2D eigenvalue weighted by Crippen LogP contribution is 2.40. The van der Waals surface area contributed by atoms with Gasteiger partial charge in [0.05, 0.1) is 10.5 Å². The van der Waals surface area contributed by atoms with Crippen molar-refractivity contribution < 1.29 is 19.2 Å². The van der Waals surface area contributed by atoms with Gasteiger partial charge in [-0.2, -0.15) is 0 Å². The van der Waals surface area contributed by atoms with E-state index in [4.69, 9.17) is 9.47 Å². The maximum atomic E-state index is 10.9. The van der Waals surface area contributed by atoms with E-state index in [9.17, 15) is 14.9 Å². The fourth-order valence-electron chi connectivity index (χ4n) is 1.88. The Labute approximate surface area is 104 Å². The van der Waals surface area contributed by atoms with E-state index in [0.717, 1.165) is 6.42 Å². The summed E-state index contributed by atoms with van der Waals surface area (Å²) in [5.74, 6) is 0.788. The molecule has 0 radical (unpaired) electrons. The minimum absolute atomic E-state index is 0.0563. The predicted molar refractivity (Wildman–Crippen MR) is 63.1 cm³/mol. The number of carbonyl (C=O) groups excluding carboxylic acids is 1. The molecule has 0 aromatic heterocycles. The van der Waals surface area contributed by atoms with Gasteiger partial charge in [0.2, 0.25) is 0 Å². The summed E-state index contributed by atoms with van der Waals surface area (Å²) in [6.07, 6.45) is 1.17. The molecule has 0 bridgehead atoms. The van der Waals surface area contributed by atoms with E-state index < -0.39 is 4.92 Å². The lowest BCUT2D eigenvalue weighted by atomic mass is 10.1. The molecule has 2 rings (SSSR count). The largest absolute Gasteiger partial charge is 0.486 e. The molecular formula is C12H13NO5. The summed E-state index contributed by atoms with van der Waals surface area (Å²) in [7, 11) is 0. The van der Waals surface area contributed by atoms with E-state index in [0.29, 0.717) is 24.4 Å². The third-order valence-corrected chi connectivity index (χ3v) is 2.85. The third-order valence-electron chi connectivity index (χ3n) is 2.85. The number of hydrogen-bond donors (Lipinski definition) is 0. The number of hydrogen-bond acceptors (Lipinski definition) is 5. The minimum Gasteiger partial charge on any atom is -0.486 e. The van der Waals surface area contributed by atoms with Gasteiger partial charge in [0.25, 0.3) is 5.69 Å². The van der Waals surface area contributed by atoms with Gasteiger partial charge in [-0.1, -0.05) is 6.92 Å². The molecular weight excluding hydrogens is 238 g/mol. The number of carbonyl (C=O) groups is 1. The molecule has 6 heteroatoms. The number of nitro groups is 1. The zero-order valence-corrected chi connectivity index (χ0v) is 9.92. The normalized spacial score (nSPS) is 17.3. The number of aldehydes is 1. The summed E-state index contributed by atoms with van der Waals surface area (Å²) in [5, 5.41) is 10.9. The first kappa shape index (κ1) is 12.3. The van der Waals surface area contributed by atoms with Crippen molar-refractivity contribution in [2.24, 2.45) is 0 Å². The van der Waals surface area contributed by atoms with Gasteiger partial charge >= 0.3 is 0 Å². The SMILES string of the molecule is CCC1COc2ccc([N+](=O)[O-])c(CC=O)c2O1. The van der Waals surface area contributed by atoms with Crippen molar-refractivity contribution in [3.05, 3.63) is 27.8 Å². The van der Waals surface area contributed by atoms with Gasteiger partial charge in [0.15, 0.2) is 11.5 Å². The van der Waals surface area contributed by atoms with Crippen LogP contribution in [0.15, 0.2) is 12.1 Å². The van der Waals surface area contributed by atoms with Crippen molar-refractivity contribution in [1.82, 2.24) is 0 Å². The molecule has 1 heterocycles. The molecule has 96 valence electrons. The topological polar surface area (TPSA) is 78.7 Å². The highest BCUT2D eigenvalue weighted by atomic mass is 16.6. The van der Waals surface area contributed by atoms with Crippen molar-refractivity contribution >= 4 is 12.0 Å². The van der Waals surface area contributed by atoms with Crippen LogP contribution in [0.2, 0.25) is 0 Å². The predicted octanol–water partition coefficient (Wildman–Crippen LogP) is 1.89. The van der Waals surface area contributed by atoms with Crippen LogP contribution in [0.25, 0.3) is 0 Å². The number of nitrogens with zero attached hydrogens (tertiary/aromatic N) is 1. The highest BCUT2D eigenvalue weighted by molar-refractivity contribution is 5.66. The first-order chi connectivity index (χ1) is 8.67. The molecule has 0 aliphatic carbocycles. The van der Waals surface area contributed by atoms with Crippen molar-refractivity contribution in [2.45, 2.75) is 25.9 Å². The Hall–Kier alpha value is -2.11. The van der Waals surface area contributed by atoms with Crippen LogP contribution in [0.4, 0.5) is 5.69 Å². The quantitative estimate of drug-likeness (QED) is 0.464. The molecule has 1 aromatic carbocycles. The maximum absolute atomic E-state index is 10.9. The standard InChI is InChI=1S/C12H13NO5/c1-2-8-7-17-11-4-3-10(13(15)16)9(5-6-14)12(11)18-8/h3-4,6,8H,2,5,7H2,1H3. The summed E-state index contributed by atoms with van der Waals surface area (Å²) < 4.78 is 11.2. The third kappa shape index (κ3) is 2.13. The van der Waals surface area contributed by atoms with Crippen molar-refractivity contribution in [2.75, 3.05) is 6.61 Å². The Balaban J connectivity index is 2.50. The van der Waals surface area contributed by atoms with Gasteiger partial charge in [-0.15, -0.1) is 0 Å². The van der Waals surface area contributed by atoms with Crippen LogP contribution >= 0.6 is 0 Å². The Morgan fingerprint density at radius 2 is 2.33 bits per heavy atom. The first-order valence-electron chi connectivity index (χ1n) is 5.70. The molecule has 1 aliphatic heterocycles. The Kier molecular flexibility index (Phi) is 3.45. The molecule has 0 saturated carbocycles. The van der Waals surface area contributed by atoms with Gasteiger partial charge in [-0.25, -0.2) is 0 Å². The summed E-state index contributed by atoms with van der Waals surface area (Å²) in [5.41, 5.74) is 0.173. The molecule has 1 aromatic rings. The lowest BCUT2D eigenvalue weighted by Gasteiger charge is -2.27. The van der Waals surface area contributed by atoms with E-state index in [2.05, 4.69) is 0 Å². The molecule has 0 saturated heterocycles. The van der Waals surface area contributed by atoms with E-state index in [1.54, 1.807) is 0 Å². The molecule has 1 atom stereocenters. The van der Waals surface area contributed by atoms with Crippen LogP contribution in [0.1, 0.15) is 18.9 Å². The van der Waals surface area contributed by atoms with Gasteiger partial charge in [-0.05, 0) is 12.5 Å². The summed E-state index contributed by atoms with van der Waals surface area (Å²) in [6, 6.07) is 2.85. The van der Waals surface area contributed by atoms with Gasteiger partial charge in [0, 0.05) is 12.5 Å². The zero-order valence-electron chi connectivity index (χ0n) is 9.92. The minimum atomic E-state index is -0.516. The van der Waals surface area contributed by atoms with Gasteiger partial charge in [-0.3, -0.25) is 10.1 Å². The second-order valence-corrected chi connectivity index (χ2v) is 3.98. The summed E-state index contributed by atoms with van der Waals surface area (Å²) in [6.45, 7) is 2.36. The second kappa shape index (κ2) is 5.03. The lowest BCUT2D eigenvalue weighted by Crippen LogP contribution is -2.29. The number of fused-ring (bicyclic) bond motifs is 1. The fraction of sp³-hybridized carbons (Fsp3) is 0.417. The Morgan fingerprint density at radius 1 is 1.56 bits per heavy atom. The van der Waals surface area contributed by atoms with Crippen LogP contribution < -0.4 is 9.47 Å². The van der Waals surface area contributed by atoms with E-state index >= 15 is 0 Å². The monoisotopic (exact) mass is 251 g/mol. The van der Waals surface area contributed by atoms with Crippen molar-refractivity contribution in [3.63, 3.8) is 0 Å². The average Bonchev–Trinajstić information content (AvgIpc) is 2.38. The summed E-state index contributed by atoms with van der Waals surface area (Å²) >= 11 is 0.